The maximum absolute atomic E-state index is 16.8. The summed E-state index contributed by atoms with van der Waals surface area (Å²) in [6.45, 7) is 4.83. The van der Waals surface area contributed by atoms with Crippen LogP contribution in [0.1, 0.15) is 161 Å². The van der Waals surface area contributed by atoms with E-state index in [1.165, 1.54) is 43.4 Å². The molecule has 8 amide bonds. The third kappa shape index (κ3) is 20.5. The third-order valence-electron chi connectivity index (χ3n) is 22.2. The largest absolute Gasteiger partial charge is 0.508 e. The zero-order chi connectivity index (χ0) is 91.5. The summed E-state index contributed by atoms with van der Waals surface area (Å²) in [5.74, 6) is -18.0. The van der Waals surface area contributed by atoms with Gasteiger partial charge < -0.3 is 141 Å². The molecule has 7 aromatic carbocycles. The number of carboxylic acids is 1. The molecule has 0 aromatic heterocycles. The van der Waals surface area contributed by atoms with Crippen molar-refractivity contribution in [1.82, 2.24) is 42.1 Å². The van der Waals surface area contributed by atoms with Gasteiger partial charge in [0.1, 0.15) is 137 Å². The van der Waals surface area contributed by atoms with Gasteiger partial charge in [0.05, 0.1) is 23.3 Å². The van der Waals surface area contributed by atoms with Crippen molar-refractivity contribution in [3.05, 3.63) is 164 Å². The molecule has 40 heteroatoms. The molecule has 15 rings (SSSR count). The van der Waals surface area contributed by atoms with Crippen LogP contribution in [-0.2, 0) is 59.0 Å². The molecule has 8 heterocycles. The number of fused-ring (bicyclic) bond motifs is 14. The van der Waals surface area contributed by atoms with E-state index in [9.17, 15) is 80.8 Å². The number of hydrogen-bond acceptors (Lipinski definition) is 29. The molecule has 678 valence electrons. The van der Waals surface area contributed by atoms with Gasteiger partial charge in [-0.25, -0.2) is 9.59 Å². The van der Waals surface area contributed by atoms with Gasteiger partial charge in [0.2, 0.25) is 59.7 Å². The standard InChI is InChI=1S/C87H96Cl2N8O30/c1-6-7-8-9-10-11-12-13-14-60(104)91-68-73(108)71(106)58(35-98)124-84(68)126-76-56-29-41-30-57(76)122-53-24-19-40(27-48(53)88)70(105)67-81(115)95-66(83(117)118)46-31-42(100)32-55(123-85-75(110)74(109)72(107)59(36-99)125-85)61(46)45-26-38(17-22-50(45)101)63(78(112)96-67)92-79(113)64(41)93-80(114)65-47-33-44(34-52(103)62(47)89)121-54-28-39(18-23-51(54)102)69(97(5)86(119)127-87(2,3)4)82(116)90-49(77(111)94-65)25-37-15-20-43(120-56)21-16-37/h15-24,26-34,49,58-59,63-75,84-85,98-103,105-110H,6-14,25,35-36H2,1-5H3,(H,90,116)(H,91,104)(H,92,113)(H,93,114)(H,94,111)(H,95,115)(H,96,112)(H,117,118)/t49-,58-,59-,63-,64-,65+,66-,67+,68-,69-,70-,71-,72-,73-,74+,75+,84+,85+/m1/s1. The lowest BCUT2D eigenvalue weighted by molar-refractivity contribution is -0.277. The molecule has 0 unspecified atom stereocenters. The van der Waals surface area contributed by atoms with Crippen molar-refractivity contribution in [2.75, 3.05) is 20.3 Å². The van der Waals surface area contributed by atoms with Gasteiger partial charge in [-0.2, -0.15) is 0 Å². The normalized spacial score (nSPS) is 26.0. The van der Waals surface area contributed by atoms with E-state index in [4.69, 9.17) is 61.1 Å². The van der Waals surface area contributed by atoms with Crippen molar-refractivity contribution >= 4 is 76.6 Å². The van der Waals surface area contributed by atoms with E-state index in [1.54, 1.807) is 20.8 Å². The quantitative estimate of drug-likeness (QED) is 0.0472. The number of unbranched alkanes of at least 4 members (excludes halogenated alkanes) is 7. The Labute approximate surface area is 734 Å². The van der Waals surface area contributed by atoms with Crippen LogP contribution in [0, 0.1) is 0 Å². The highest BCUT2D eigenvalue weighted by molar-refractivity contribution is 6.33. The van der Waals surface area contributed by atoms with Gasteiger partial charge in [0, 0.05) is 54.3 Å². The minimum atomic E-state index is -2.47. The topological polar surface area (TPSA) is 578 Å². The number of ether oxygens (including phenoxy) is 8. The van der Waals surface area contributed by atoms with E-state index in [1.807, 2.05) is 0 Å². The fourth-order valence-corrected chi connectivity index (χ4v) is 16.1. The van der Waals surface area contributed by atoms with Crippen molar-refractivity contribution < 1.29 is 147 Å². The van der Waals surface area contributed by atoms with Gasteiger partial charge in [0.25, 0.3) is 0 Å². The van der Waals surface area contributed by atoms with Crippen LogP contribution in [0.3, 0.4) is 0 Å². The van der Waals surface area contributed by atoms with Crippen molar-refractivity contribution in [3.63, 3.8) is 0 Å². The molecule has 20 N–H and O–H groups in total. The van der Waals surface area contributed by atoms with Crippen LogP contribution in [0.15, 0.2) is 115 Å². The first-order chi connectivity index (χ1) is 60.4. The van der Waals surface area contributed by atoms with Crippen LogP contribution in [0.4, 0.5) is 4.79 Å². The molecular weight excluding hydrogens is 1710 g/mol. The summed E-state index contributed by atoms with van der Waals surface area (Å²) in [7, 11) is 1.22. The predicted molar refractivity (Wildman–Crippen MR) is 443 cm³/mol. The second-order valence-electron chi connectivity index (χ2n) is 32.5. The van der Waals surface area contributed by atoms with Crippen LogP contribution in [0.25, 0.3) is 11.1 Å². The summed E-state index contributed by atoms with van der Waals surface area (Å²) >= 11 is 14.3. The Morgan fingerprint density at radius 1 is 0.535 bits per heavy atom. The number of carbonyl (C=O) groups excluding carboxylic acids is 8. The molecule has 18 atom stereocenters. The van der Waals surface area contributed by atoms with E-state index in [0.29, 0.717) is 12.8 Å². The number of hydrogen-bond donors (Lipinski definition) is 20. The van der Waals surface area contributed by atoms with Crippen molar-refractivity contribution in [1.29, 1.82) is 0 Å². The fourth-order valence-electron chi connectivity index (χ4n) is 15.6. The predicted octanol–water partition coefficient (Wildman–Crippen LogP) is 5.49. The van der Waals surface area contributed by atoms with Crippen LogP contribution in [0.2, 0.25) is 10.0 Å². The first kappa shape index (κ1) is 92.6. The SMILES string of the molecule is CCCCCCCCCCC(=O)N[C@H]1[C@H](Oc2c3cc4cc2Oc2ccc(cc2Cl)[C@@H](O)[C@@H]2NC(=O)[C@H](NC(=O)[C@@H]4NC(=O)[C@H]4NC(=O)[C@@H](Cc5ccc(cc5)O3)NC(=O)[C@H](N(C)C(=O)OC(C)(C)C)c3ccc(O)c(c3)Oc3cc(O)c(Cl)c4c3)c3ccc(O)c(c3)-c3c(O[C@H]4O[C@H](CO)[C@@H](O)[C@H](O)[C@@H]4O)cc(O)cc3[C@H](C(=O)O)NC2=O)O[C@H](CO)[C@@H](O)[C@@H]1O. The number of benzene rings is 7. The number of carboxylic acid groups (broad SMARTS) is 1. The van der Waals surface area contributed by atoms with Gasteiger partial charge in [-0.05, 0) is 128 Å². The smallest absolute Gasteiger partial charge is 0.410 e. The molecule has 2 saturated heterocycles. The molecule has 17 bridgehead atoms. The number of carbonyl (C=O) groups is 9. The average Bonchev–Trinajstić information content (AvgIpc) is 0.762. The number of nitrogens with one attached hydrogen (secondary N) is 7. The average molecular weight is 1800 g/mol. The van der Waals surface area contributed by atoms with Crippen LogP contribution in [0.5, 0.6) is 69.0 Å². The number of amides is 8. The number of aliphatic carboxylic acids is 1. The lowest BCUT2D eigenvalue weighted by atomic mass is 9.89. The summed E-state index contributed by atoms with van der Waals surface area (Å²) in [5.41, 5.74) is -4.71. The summed E-state index contributed by atoms with van der Waals surface area (Å²) in [6.07, 6.45) is -14.8. The maximum atomic E-state index is 16.8. The zero-order valence-corrected chi connectivity index (χ0v) is 70.3. The number of nitrogens with zero attached hydrogens (tertiary/aromatic N) is 1. The number of halogens is 2. The number of aliphatic hydroxyl groups excluding tert-OH is 8. The highest BCUT2D eigenvalue weighted by Gasteiger charge is 2.50. The molecule has 0 aliphatic carbocycles. The molecule has 8 aliphatic rings. The van der Waals surface area contributed by atoms with Crippen molar-refractivity contribution in [2.45, 2.75) is 207 Å². The van der Waals surface area contributed by atoms with Gasteiger partial charge in [-0.1, -0.05) is 105 Å². The van der Waals surface area contributed by atoms with Crippen molar-refractivity contribution in [2.24, 2.45) is 0 Å². The molecular formula is C87H96Cl2N8O30. The Kier molecular flexibility index (Phi) is 28.5. The second kappa shape index (κ2) is 39.0. The number of aliphatic hydroxyl groups is 8. The zero-order valence-electron chi connectivity index (χ0n) is 68.8. The minimum absolute atomic E-state index is 0.0431. The van der Waals surface area contributed by atoms with Gasteiger partial charge in [0.15, 0.2) is 29.0 Å². The highest BCUT2D eigenvalue weighted by Crippen LogP contribution is 2.51. The fraction of sp³-hybridized carbons (Fsp3) is 0.414. The summed E-state index contributed by atoms with van der Waals surface area (Å²) in [5, 5.41) is 165. The molecule has 0 spiro atoms. The van der Waals surface area contributed by atoms with E-state index >= 15 is 28.8 Å². The van der Waals surface area contributed by atoms with Gasteiger partial charge in [-0.3, -0.25) is 38.5 Å². The summed E-state index contributed by atoms with van der Waals surface area (Å²) in [6, 6.07) is 3.72. The Morgan fingerprint density at radius 3 is 1.80 bits per heavy atom. The second-order valence-corrected chi connectivity index (χ2v) is 33.3. The van der Waals surface area contributed by atoms with Crippen LogP contribution in [-0.4, -0.2) is 224 Å². The van der Waals surface area contributed by atoms with Gasteiger partial charge in [-0.15, -0.1) is 0 Å². The maximum Gasteiger partial charge on any atom is 0.410 e. The van der Waals surface area contributed by atoms with Crippen LogP contribution < -0.4 is 60.9 Å². The molecule has 2 fully saturated rings. The number of rotatable bonds is 18. The molecule has 7 aromatic rings. The lowest BCUT2D eigenvalue weighted by Gasteiger charge is -2.42. The molecule has 8 aliphatic heterocycles. The number of likely N-dealkylation sites (N-methyl/N-ethyl adjacent to an activating group) is 1. The van der Waals surface area contributed by atoms with E-state index in [2.05, 4.69) is 44.1 Å². The number of phenols is 4. The van der Waals surface area contributed by atoms with E-state index < -0.39 is 295 Å². The number of phenolic OH excluding ortho intramolecular Hbond substituents is 4. The third-order valence-corrected chi connectivity index (χ3v) is 23.0. The molecule has 38 nitrogen and oxygen atoms in total. The lowest BCUT2D eigenvalue weighted by Crippen LogP contribution is -2.65. The van der Waals surface area contributed by atoms with Crippen molar-refractivity contribution in [3.8, 4) is 80.1 Å². The van der Waals surface area contributed by atoms with Crippen LogP contribution >= 0.6 is 23.2 Å². The van der Waals surface area contributed by atoms with E-state index in [0.717, 1.165) is 122 Å². The first-order valence-electron chi connectivity index (χ1n) is 40.8. The highest BCUT2D eigenvalue weighted by atomic mass is 35.5. The van der Waals surface area contributed by atoms with E-state index in [-0.39, 0.29) is 28.9 Å². The van der Waals surface area contributed by atoms with Gasteiger partial charge >= 0.3 is 12.1 Å². The number of aromatic hydroxyl groups is 4. The minimum Gasteiger partial charge on any atom is -0.508 e. The molecule has 127 heavy (non-hydrogen) atoms. The Balaban J connectivity index is 1.04. The summed E-state index contributed by atoms with van der Waals surface area (Å²) < 4.78 is 50.3. The monoisotopic (exact) mass is 1800 g/mol. The Morgan fingerprint density at radius 2 is 1.13 bits per heavy atom. The Hall–Kier alpha value is -12.1. The summed E-state index contributed by atoms with van der Waals surface area (Å²) in [4.78, 5) is 139. The molecule has 0 radical (unpaired) electrons. The Bertz CT molecular complexity index is 5350. The molecule has 0 saturated carbocycles. The first-order valence-corrected chi connectivity index (χ1v) is 41.6.